The van der Waals surface area contributed by atoms with Crippen LogP contribution in [0, 0.1) is 0 Å². The Morgan fingerprint density at radius 1 is 1.27 bits per heavy atom. The average molecular weight is 518 g/mol. The average Bonchev–Trinajstić information content (AvgIpc) is 3.05. The Bertz CT molecular complexity index is 957. The van der Waals surface area contributed by atoms with Crippen LogP contribution in [-0.4, -0.2) is 60.5 Å². The maximum atomic E-state index is 12.4. The number of fused-ring (bicyclic) bond motifs is 1. The number of thioether (sulfide) groups is 1. The van der Waals surface area contributed by atoms with Gasteiger partial charge in [-0.2, -0.15) is 4.99 Å². The van der Waals surface area contributed by atoms with Gasteiger partial charge in [-0.15, -0.1) is 0 Å². The second-order valence-corrected chi connectivity index (χ2v) is 12.4. The summed E-state index contributed by atoms with van der Waals surface area (Å²) in [5, 5.41) is 2.87. The summed E-state index contributed by atoms with van der Waals surface area (Å²) in [6, 6.07) is 7.19. The summed E-state index contributed by atoms with van der Waals surface area (Å²) in [5.74, 6) is -0.282. The summed E-state index contributed by atoms with van der Waals surface area (Å²) >= 11 is 4.71. The summed E-state index contributed by atoms with van der Waals surface area (Å²) in [5.41, 5.74) is 0.173. The molecule has 11 heteroatoms. The van der Waals surface area contributed by atoms with E-state index in [1.807, 2.05) is 29.2 Å². The largest absolute Gasteiger partial charge is 0.444 e. The normalized spacial score (nSPS) is 24.0. The van der Waals surface area contributed by atoms with E-state index in [0.29, 0.717) is 5.17 Å². The predicted octanol–water partition coefficient (Wildman–Crippen LogP) is 2.97. The van der Waals surface area contributed by atoms with Gasteiger partial charge in [-0.05, 0) is 45.0 Å². The predicted molar refractivity (Wildman–Crippen MR) is 122 cm³/mol. The molecule has 2 aliphatic rings. The maximum absolute atomic E-state index is 12.4. The van der Waals surface area contributed by atoms with E-state index in [1.165, 1.54) is 11.8 Å². The van der Waals surface area contributed by atoms with Gasteiger partial charge in [-0.25, -0.2) is 13.2 Å². The minimum Gasteiger partial charge on any atom is -0.444 e. The molecule has 0 bridgehead atoms. The number of rotatable bonds is 4. The Morgan fingerprint density at radius 2 is 1.93 bits per heavy atom. The number of amidine groups is 1. The molecule has 3 rings (SSSR count). The van der Waals surface area contributed by atoms with Crippen molar-refractivity contribution >= 4 is 60.4 Å². The molecule has 2 atom stereocenters. The van der Waals surface area contributed by atoms with Crippen LogP contribution in [-0.2, 0) is 19.4 Å². The number of nitrogens with one attached hydrogen (secondary N) is 1. The molecule has 0 spiro atoms. The van der Waals surface area contributed by atoms with Gasteiger partial charge in [0.05, 0.1) is 17.5 Å². The van der Waals surface area contributed by atoms with E-state index in [0.717, 1.165) is 10.2 Å². The number of anilines is 1. The van der Waals surface area contributed by atoms with Crippen LogP contribution in [0.4, 0.5) is 10.5 Å². The highest BCUT2D eigenvalue weighted by Gasteiger charge is 2.49. The molecule has 0 unspecified atom stereocenters. The molecule has 0 aromatic heterocycles. The van der Waals surface area contributed by atoms with Gasteiger partial charge in [0.25, 0.3) is 0 Å². The molecule has 2 heterocycles. The molecule has 1 N–H and O–H groups in total. The van der Waals surface area contributed by atoms with Crippen molar-refractivity contribution in [1.29, 1.82) is 0 Å². The molecule has 0 aliphatic carbocycles. The van der Waals surface area contributed by atoms with E-state index in [9.17, 15) is 18.0 Å². The summed E-state index contributed by atoms with van der Waals surface area (Å²) in [6.45, 7) is 5.38. The van der Waals surface area contributed by atoms with Crippen LogP contribution < -0.4 is 10.2 Å². The van der Waals surface area contributed by atoms with Crippen LogP contribution in [0.25, 0.3) is 0 Å². The first-order valence-electron chi connectivity index (χ1n) is 9.44. The number of carbonyl (C=O) groups excluding carboxylic acids is 2. The Labute approximate surface area is 188 Å². The summed E-state index contributed by atoms with van der Waals surface area (Å²) in [4.78, 5) is 30.2. The zero-order chi connectivity index (χ0) is 22.1. The van der Waals surface area contributed by atoms with Crippen LogP contribution in [0.15, 0.2) is 33.7 Å². The second-order valence-electron chi connectivity index (χ2n) is 8.11. The van der Waals surface area contributed by atoms with Crippen molar-refractivity contribution in [3.05, 3.63) is 28.7 Å². The molecule has 30 heavy (non-hydrogen) atoms. The monoisotopic (exact) mass is 517 g/mol. The minimum absolute atomic E-state index is 0.0190. The van der Waals surface area contributed by atoms with Gasteiger partial charge in [0.1, 0.15) is 5.60 Å². The van der Waals surface area contributed by atoms with Crippen LogP contribution >= 0.6 is 27.7 Å². The molecule has 164 valence electrons. The first kappa shape index (κ1) is 23.1. The summed E-state index contributed by atoms with van der Waals surface area (Å²) < 4.78 is 30.2. The molecule has 2 amide bonds. The standard InChI is InChI=1S/C19H24BrN3O5S2/c1-19(2,3)28-18(25)21-9-8-16(24)22-17-23(13-6-4-12(20)5-7-13)14-10-30(26,27)11-15(14)29-17/h4-7,14-15H,8-11H2,1-3H3,(H,21,25)/t14-,15-/m0/s1. The highest BCUT2D eigenvalue weighted by molar-refractivity contribution is 9.10. The van der Waals surface area contributed by atoms with Crippen molar-refractivity contribution < 1.29 is 22.7 Å². The van der Waals surface area contributed by atoms with E-state index in [2.05, 4.69) is 26.2 Å². The Kier molecular flexibility index (Phi) is 6.83. The molecule has 0 saturated carbocycles. The Morgan fingerprint density at radius 3 is 2.57 bits per heavy atom. The van der Waals surface area contributed by atoms with Crippen molar-refractivity contribution in [3.63, 3.8) is 0 Å². The van der Waals surface area contributed by atoms with Gasteiger partial charge in [0.2, 0.25) is 5.91 Å². The van der Waals surface area contributed by atoms with Gasteiger partial charge in [0.15, 0.2) is 15.0 Å². The number of hydrogen-bond donors (Lipinski definition) is 1. The molecular formula is C19H24BrN3O5S2. The first-order valence-corrected chi connectivity index (χ1v) is 12.9. The zero-order valence-electron chi connectivity index (χ0n) is 16.9. The number of halogens is 1. The van der Waals surface area contributed by atoms with E-state index in [-0.39, 0.29) is 35.8 Å². The van der Waals surface area contributed by atoms with Crippen molar-refractivity contribution in [1.82, 2.24) is 5.32 Å². The summed E-state index contributed by atoms with van der Waals surface area (Å²) in [6.07, 6.45) is -0.570. The van der Waals surface area contributed by atoms with Crippen LogP contribution in [0.1, 0.15) is 27.2 Å². The molecule has 2 fully saturated rings. The number of carbonyl (C=O) groups is 2. The lowest BCUT2D eigenvalue weighted by Crippen LogP contribution is -2.37. The van der Waals surface area contributed by atoms with Crippen LogP contribution in [0.5, 0.6) is 0 Å². The highest BCUT2D eigenvalue weighted by atomic mass is 79.9. The molecule has 1 aromatic rings. The molecule has 2 aliphatic heterocycles. The van der Waals surface area contributed by atoms with Crippen molar-refractivity contribution in [2.45, 2.75) is 44.1 Å². The van der Waals surface area contributed by atoms with Gasteiger partial charge in [0, 0.05) is 28.4 Å². The minimum atomic E-state index is -3.12. The molecular weight excluding hydrogens is 494 g/mol. The second kappa shape index (κ2) is 8.88. The number of hydrogen-bond acceptors (Lipinski definition) is 6. The van der Waals surface area contributed by atoms with Gasteiger partial charge >= 0.3 is 6.09 Å². The fourth-order valence-electron chi connectivity index (χ4n) is 3.22. The van der Waals surface area contributed by atoms with Crippen molar-refractivity contribution in [2.24, 2.45) is 4.99 Å². The fourth-order valence-corrected chi connectivity index (χ4v) is 7.41. The maximum Gasteiger partial charge on any atom is 0.407 e. The highest BCUT2D eigenvalue weighted by Crippen LogP contribution is 2.41. The van der Waals surface area contributed by atoms with Crippen LogP contribution in [0.2, 0.25) is 0 Å². The lowest BCUT2D eigenvalue weighted by Gasteiger charge is -2.24. The van der Waals surface area contributed by atoms with E-state index < -0.39 is 27.4 Å². The fraction of sp³-hybridized carbons (Fsp3) is 0.526. The van der Waals surface area contributed by atoms with Gasteiger partial charge in [-0.3, -0.25) is 4.79 Å². The number of alkyl carbamates (subject to hydrolysis) is 1. The molecule has 8 nitrogen and oxygen atoms in total. The lowest BCUT2D eigenvalue weighted by atomic mass is 10.2. The lowest BCUT2D eigenvalue weighted by molar-refractivity contribution is -0.117. The molecule has 2 saturated heterocycles. The van der Waals surface area contributed by atoms with Crippen molar-refractivity contribution in [2.75, 3.05) is 23.0 Å². The third kappa shape index (κ3) is 5.98. The van der Waals surface area contributed by atoms with Gasteiger partial charge in [-0.1, -0.05) is 27.7 Å². The quantitative estimate of drug-likeness (QED) is 0.654. The number of ether oxygens (including phenoxy) is 1. The number of aliphatic imine (C=N–C) groups is 1. The van der Waals surface area contributed by atoms with Gasteiger partial charge < -0.3 is 15.0 Å². The smallest absolute Gasteiger partial charge is 0.407 e. The molecule has 0 radical (unpaired) electrons. The summed E-state index contributed by atoms with van der Waals surface area (Å²) in [7, 11) is -3.12. The first-order chi connectivity index (χ1) is 13.9. The zero-order valence-corrected chi connectivity index (χ0v) is 20.1. The Hall–Kier alpha value is -1.59. The van der Waals surface area contributed by atoms with E-state index >= 15 is 0 Å². The number of sulfone groups is 1. The molecule has 1 aromatic carbocycles. The third-order valence-corrected chi connectivity index (χ3v) is 8.14. The Balaban J connectivity index is 1.70. The third-order valence-electron chi connectivity index (χ3n) is 4.40. The SMILES string of the molecule is CC(C)(C)OC(=O)NCCC(=O)N=C1S[C@H]2CS(=O)(=O)C[C@@H]2N1c1ccc(Br)cc1. The van der Waals surface area contributed by atoms with E-state index in [4.69, 9.17) is 4.74 Å². The number of benzene rings is 1. The van der Waals surface area contributed by atoms with Crippen molar-refractivity contribution in [3.8, 4) is 0 Å². The van der Waals surface area contributed by atoms with Crippen LogP contribution in [0.3, 0.4) is 0 Å². The number of amides is 2. The van der Waals surface area contributed by atoms with E-state index in [1.54, 1.807) is 20.8 Å². The topological polar surface area (TPSA) is 105 Å². The number of nitrogens with zero attached hydrogens (tertiary/aromatic N) is 2.